The molecule has 2 amide bonds. The van der Waals surface area contributed by atoms with Crippen LogP contribution >= 0.6 is 11.8 Å². The Morgan fingerprint density at radius 3 is 2.19 bits per heavy atom. The summed E-state index contributed by atoms with van der Waals surface area (Å²) in [4.78, 5) is 26.2. The van der Waals surface area contributed by atoms with Crippen LogP contribution in [0.5, 0.6) is 0 Å². The van der Waals surface area contributed by atoms with Crippen LogP contribution in [0.4, 0.5) is 0 Å². The molecule has 1 aliphatic carbocycles. The summed E-state index contributed by atoms with van der Waals surface area (Å²) in [6.45, 7) is 0. The van der Waals surface area contributed by atoms with Crippen molar-refractivity contribution in [3.63, 3.8) is 0 Å². The van der Waals surface area contributed by atoms with Gasteiger partial charge in [0.1, 0.15) is 0 Å². The van der Waals surface area contributed by atoms with E-state index in [1.807, 2.05) is 11.8 Å². The SMILES string of the molecule is CSC1CCC(N=C2NC(=O)C(=O)N2)CC1. The Bertz CT molecular complexity index is 317. The van der Waals surface area contributed by atoms with Crippen molar-refractivity contribution in [3.8, 4) is 0 Å². The van der Waals surface area contributed by atoms with E-state index in [9.17, 15) is 9.59 Å². The second-order valence-corrected chi connectivity index (χ2v) is 5.19. The van der Waals surface area contributed by atoms with Crippen LogP contribution in [0.15, 0.2) is 4.99 Å². The minimum atomic E-state index is -0.614. The van der Waals surface area contributed by atoms with E-state index in [1.165, 1.54) is 0 Å². The van der Waals surface area contributed by atoms with Crippen LogP contribution in [0.25, 0.3) is 0 Å². The monoisotopic (exact) mass is 241 g/mol. The third-order valence-electron chi connectivity index (χ3n) is 2.96. The van der Waals surface area contributed by atoms with Crippen LogP contribution in [0, 0.1) is 0 Å². The van der Waals surface area contributed by atoms with Gasteiger partial charge in [-0.25, -0.2) is 4.99 Å². The summed E-state index contributed by atoms with van der Waals surface area (Å²) in [7, 11) is 0. The lowest BCUT2D eigenvalue weighted by Crippen LogP contribution is -2.29. The van der Waals surface area contributed by atoms with Gasteiger partial charge in [0.15, 0.2) is 0 Å². The van der Waals surface area contributed by atoms with Crippen LogP contribution in [0.2, 0.25) is 0 Å². The van der Waals surface area contributed by atoms with E-state index >= 15 is 0 Å². The molecule has 2 rings (SSSR count). The Morgan fingerprint density at radius 1 is 1.12 bits per heavy atom. The molecule has 16 heavy (non-hydrogen) atoms. The predicted molar refractivity (Wildman–Crippen MR) is 63.3 cm³/mol. The molecule has 0 radical (unpaired) electrons. The van der Waals surface area contributed by atoms with Gasteiger partial charge in [-0.1, -0.05) is 0 Å². The zero-order valence-electron chi connectivity index (χ0n) is 9.16. The highest BCUT2D eigenvalue weighted by Gasteiger charge is 2.27. The van der Waals surface area contributed by atoms with Gasteiger partial charge in [-0.3, -0.25) is 20.2 Å². The number of hydrogen-bond donors (Lipinski definition) is 2. The standard InChI is InChI=1S/C10H15N3O2S/c1-16-7-4-2-6(3-5-7)11-10-12-8(14)9(15)13-10/h6-7H,2-5H2,1H3,(H2,11,12,13,14,15). The van der Waals surface area contributed by atoms with Crippen molar-refractivity contribution >= 4 is 29.5 Å². The van der Waals surface area contributed by atoms with Crippen molar-refractivity contribution in [3.05, 3.63) is 0 Å². The first-order chi connectivity index (χ1) is 7.69. The number of nitrogens with zero attached hydrogens (tertiary/aromatic N) is 1. The van der Waals surface area contributed by atoms with E-state index in [4.69, 9.17) is 0 Å². The van der Waals surface area contributed by atoms with E-state index in [1.54, 1.807) is 0 Å². The van der Waals surface area contributed by atoms with Gasteiger partial charge in [-0.15, -0.1) is 0 Å². The highest BCUT2D eigenvalue weighted by Crippen LogP contribution is 2.28. The molecule has 1 aliphatic heterocycles. The third-order valence-corrected chi connectivity index (χ3v) is 4.10. The maximum atomic E-state index is 10.9. The average Bonchev–Trinajstić information content (AvgIpc) is 2.59. The number of rotatable bonds is 2. The fraction of sp³-hybridized carbons (Fsp3) is 0.700. The van der Waals surface area contributed by atoms with Crippen molar-refractivity contribution in [2.24, 2.45) is 4.99 Å². The van der Waals surface area contributed by atoms with Gasteiger partial charge in [0.05, 0.1) is 6.04 Å². The van der Waals surface area contributed by atoms with Crippen molar-refractivity contribution < 1.29 is 9.59 Å². The number of aliphatic imine (C=N–C) groups is 1. The Morgan fingerprint density at radius 2 is 1.69 bits per heavy atom. The van der Waals surface area contributed by atoms with Gasteiger partial charge >= 0.3 is 11.8 Å². The Balaban J connectivity index is 1.89. The van der Waals surface area contributed by atoms with Crippen LogP contribution < -0.4 is 10.6 Å². The molecule has 0 spiro atoms. The fourth-order valence-electron chi connectivity index (χ4n) is 2.02. The first kappa shape index (κ1) is 11.4. The van der Waals surface area contributed by atoms with Gasteiger partial charge in [0, 0.05) is 5.25 Å². The number of thioether (sulfide) groups is 1. The van der Waals surface area contributed by atoms with E-state index in [2.05, 4.69) is 21.9 Å². The summed E-state index contributed by atoms with van der Waals surface area (Å²) in [5.41, 5.74) is 0. The first-order valence-electron chi connectivity index (χ1n) is 5.42. The molecule has 88 valence electrons. The zero-order chi connectivity index (χ0) is 11.5. The van der Waals surface area contributed by atoms with Crippen LogP contribution in [0.1, 0.15) is 25.7 Å². The second-order valence-electron chi connectivity index (χ2n) is 4.05. The molecule has 6 heteroatoms. The summed E-state index contributed by atoms with van der Waals surface area (Å²) in [6, 6.07) is 0.233. The largest absolute Gasteiger partial charge is 0.316 e. The van der Waals surface area contributed by atoms with Crippen LogP contribution in [-0.4, -0.2) is 35.3 Å². The van der Waals surface area contributed by atoms with E-state index < -0.39 is 11.8 Å². The lowest BCUT2D eigenvalue weighted by molar-refractivity contribution is -0.135. The van der Waals surface area contributed by atoms with Crippen molar-refractivity contribution in [1.29, 1.82) is 0 Å². The Kier molecular flexibility index (Phi) is 3.48. The molecule has 2 N–H and O–H groups in total. The predicted octanol–water partition coefficient (Wildman–Crippen LogP) is 0.263. The van der Waals surface area contributed by atoms with Gasteiger partial charge < -0.3 is 0 Å². The number of hydrogen-bond acceptors (Lipinski definition) is 4. The molecule has 1 heterocycles. The molecule has 1 saturated heterocycles. The van der Waals surface area contributed by atoms with Crippen LogP contribution in [0.3, 0.4) is 0 Å². The minimum Gasteiger partial charge on any atom is -0.288 e. The average molecular weight is 241 g/mol. The Labute approximate surface area is 98.5 Å². The first-order valence-corrected chi connectivity index (χ1v) is 6.70. The van der Waals surface area contributed by atoms with Gasteiger partial charge in [-0.2, -0.15) is 11.8 Å². The van der Waals surface area contributed by atoms with Crippen LogP contribution in [-0.2, 0) is 9.59 Å². The molecule has 5 nitrogen and oxygen atoms in total. The molecular formula is C10H15N3O2S. The van der Waals surface area contributed by atoms with Gasteiger partial charge in [0.25, 0.3) is 0 Å². The summed E-state index contributed by atoms with van der Waals surface area (Å²) in [5, 5.41) is 5.58. The molecule has 0 aromatic heterocycles. The van der Waals surface area contributed by atoms with E-state index in [0.29, 0.717) is 5.96 Å². The highest BCUT2D eigenvalue weighted by molar-refractivity contribution is 7.99. The lowest BCUT2D eigenvalue weighted by Gasteiger charge is -2.24. The third kappa shape index (κ3) is 2.55. The summed E-state index contributed by atoms with van der Waals surface area (Å²) in [5.74, 6) is -0.907. The van der Waals surface area contributed by atoms with Crippen molar-refractivity contribution in [2.45, 2.75) is 37.0 Å². The molecule has 0 atom stereocenters. The topological polar surface area (TPSA) is 70.6 Å². The van der Waals surface area contributed by atoms with E-state index in [-0.39, 0.29) is 6.04 Å². The van der Waals surface area contributed by atoms with Gasteiger partial charge in [0.2, 0.25) is 5.96 Å². The van der Waals surface area contributed by atoms with E-state index in [0.717, 1.165) is 30.9 Å². The quantitative estimate of drug-likeness (QED) is 0.681. The molecule has 2 fully saturated rings. The molecule has 0 unspecified atom stereocenters. The van der Waals surface area contributed by atoms with Crippen molar-refractivity contribution in [1.82, 2.24) is 10.6 Å². The van der Waals surface area contributed by atoms with Gasteiger partial charge in [-0.05, 0) is 31.9 Å². The molecule has 2 aliphatic rings. The minimum absolute atomic E-state index is 0.233. The zero-order valence-corrected chi connectivity index (χ0v) is 9.97. The van der Waals surface area contributed by atoms with Crippen molar-refractivity contribution in [2.75, 3.05) is 6.26 Å². The smallest absolute Gasteiger partial charge is 0.288 e. The maximum absolute atomic E-state index is 10.9. The summed E-state index contributed by atoms with van der Waals surface area (Å²) in [6.07, 6.45) is 6.50. The fourth-order valence-corrected chi connectivity index (χ4v) is 2.76. The Hall–Kier alpha value is -1.04. The summed E-state index contributed by atoms with van der Waals surface area (Å²) >= 11 is 1.90. The normalized spacial score (nSPS) is 29.9. The summed E-state index contributed by atoms with van der Waals surface area (Å²) < 4.78 is 0. The number of nitrogens with one attached hydrogen (secondary N) is 2. The number of carbonyl (C=O) groups is 2. The number of amides is 2. The lowest BCUT2D eigenvalue weighted by atomic mass is 9.95. The molecule has 0 aromatic carbocycles. The maximum Gasteiger partial charge on any atom is 0.316 e. The number of carbonyl (C=O) groups excluding carboxylic acids is 2. The molecule has 0 aromatic rings. The second kappa shape index (κ2) is 4.86. The molecule has 0 bridgehead atoms. The highest BCUT2D eigenvalue weighted by atomic mass is 32.2. The molecular weight excluding hydrogens is 226 g/mol. The number of guanidine groups is 1. The molecule has 1 saturated carbocycles.